The Kier molecular flexibility index (Phi) is 5.31. The number of aromatic nitrogens is 1. The van der Waals surface area contributed by atoms with E-state index in [1.165, 1.54) is 16.7 Å². The van der Waals surface area contributed by atoms with Crippen LogP contribution in [0.25, 0.3) is 0 Å². The molecule has 2 unspecified atom stereocenters. The van der Waals surface area contributed by atoms with Crippen LogP contribution in [0.1, 0.15) is 48.9 Å². The highest BCUT2D eigenvalue weighted by Crippen LogP contribution is 2.34. The minimum Gasteiger partial charge on any atom is -0.310 e. The Morgan fingerprint density at radius 2 is 1.85 bits per heavy atom. The van der Waals surface area contributed by atoms with E-state index < -0.39 is 0 Å². The summed E-state index contributed by atoms with van der Waals surface area (Å²) >= 11 is 0. The number of aryl methyl sites for hydroxylation is 1. The fourth-order valence-corrected chi connectivity index (χ4v) is 2.85. The summed E-state index contributed by atoms with van der Waals surface area (Å²) in [6.45, 7) is 7.55. The SMILES string of the molecule is CCNC(c1cnccc1C)C(CC)c1ccccc1. The van der Waals surface area contributed by atoms with Crippen molar-refractivity contribution in [2.45, 2.75) is 39.2 Å². The summed E-state index contributed by atoms with van der Waals surface area (Å²) in [6.07, 6.45) is 4.98. The van der Waals surface area contributed by atoms with Gasteiger partial charge in [0.2, 0.25) is 0 Å². The number of hydrogen-bond donors (Lipinski definition) is 1. The number of nitrogens with zero attached hydrogens (tertiary/aromatic N) is 1. The summed E-state index contributed by atoms with van der Waals surface area (Å²) < 4.78 is 0. The van der Waals surface area contributed by atoms with Crippen molar-refractivity contribution < 1.29 is 0 Å². The third-order valence-corrected chi connectivity index (χ3v) is 3.91. The molecule has 2 atom stereocenters. The normalized spacial score (nSPS) is 13.9. The van der Waals surface area contributed by atoms with Gasteiger partial charge in [-0.1, -0.05) is 44.2 Å². The van der Waals surface area contributed by atoms with Crippen molar-refractivity contribution in [3.8, 4) is 0 Å². The molecule has 1 heterocycles. The molecule has 1 aromatic carbocycles. The molecule has 0 aliphatic carbocycles. The molecule has 1 aromatic heterocycles. The van der Waals surface area contributed by atoms with Gasteiger partial charge in [0.25, 0.3) is 0 Å². The number of nitrogens with one attached hydrogen (secondary N) is 1. The Balaban J connectivity index is 2.39. The fourth-order valence-electron chi connectivity index (χ4n) is 2.85. The van der Waals surface area contributed by atoms with E-state index in [4.69, 9.17) is 0 Å². The fraction of sp³-hybridized carbons (Fsp3) is 0.389. The lowest BCUT2D eigenvalue weighted by atomic mass is 9.84. The molecule has 2 aromatic rings. The van der Waals surface area contributed by atoms with E-state index in [0.29, 0.717) is 12.0 Å². The molecule has 0 fully saturated rings. The molecule has 0 saturated heterocycles. The van der Waals surface area contributed by atoms with Gasteiger partial charge in [-0.3, -0.25) is 4.98 Å². The van der Waals surface area contributed by atoms with Crippen molar-refractivity contribution in [2.75, 3.05) is 6.54 Å². The molecule has 2 heteroatoms. The van der Waals surface area contributed by atoms with E-state index >= 15 is 0 Å². The molecule has 0 saturated carbocycles. The molecule has 20 heavy (non-hydrogen) atoms. The standard InChI is InChI=1S/C18H24N2/c1-4-16(15-9-7-6-8-10-15)18(20-5-2)17-13-19-12-11-14(17)3/h6-13,16,18,20H,4-5H2,1-3H3. The molecule has 0 bridgehead atoms. The monoisotopic (exact) mass is 268 g/mol. The first-order chi connectivity index (χ1) is 9.77. The highest BCUT2D eigenvalue weighted by atomic mass is 14.9. The predicted molar refractivity (Wildman–Crippen MR) is 84.9 cm³/mol. The van der Waals surface area contributed by atoms with Crippen LogP contribution in [0.3, 0.4) is 0 Å². The van der Waals surface area contributed by atoms with E-state index in [9.17, 15) is 0 Å². The lowest BCUT2D eigenvalue weighted by molar-refractivity contribution is 0.443. The maximum absolute atomic E-state index is 4.32. The first-order valence-corrected chi connectivity index (χ1v) is 7.46. The van der Waals surface area contributed by atoms with Gasteiger partial charge < -0.3 is 5.32 Å². The number of likely N-dealkylation sites (N-methyl/N-ethyl adjacent to an activating group) is 1. The van der Waals surface area contributed by atoms with Crippen LogP contribution in [0.15, 0.2) is 48.8 Å². The summed E-state index contributed by atoms with van der Waals surface area (Å²) in [5.41, 5.74) is 4.01. The van der Waals surface area contributed by atoms with Gasteiger partial charge in [-0.2, -0.15) is 0 Å². The minimum absolute atomic E-state index is 0.320. The maximum atomic E-state index is 4.32. The van der Waals surface area contributed by atoms with Gasteiger partial charge in [-0.05, 0) is 42.6 Å². The second kappa shape index (κ2) is 7.20. The zero-order valence-corrected chi connectivity index (χ0v) is 12.6. The highest BCUT2D eigenvalue weighted by molar-refractivity contribution is 5.31. The largest absolute Gasteiger partial charge is 0.310 e. The zero-order valence-electron chi connectivity index (χ0n) is 12.6. The zero-order chi connectivity index (χ0) is 14.4. The topological polar surface area (TPSA) is 24.9 Å². The van der Waals surface area contributed by atoms with E-state index in [0.717, 1.165) is 13.0 Å². The molecule has 2 rings (SSSR count). The second-order valence-corrected chi connectivity index (χ2v) is 5.19. The Morgan fingerprint density at radius 1 is 1.10 bits per heavy atom. The first-order valence-electron chi connectivity index (χ1n) is 7.46. The van der Waals surface area contributed by atoms with Gasteiger partial charge in [-0.25, -0.2) is 0 Å². The van der Waals surface area contributed by atoms with Gasteiger partial charge in [0.05, 0.1) is 0 Å². The third-order valence-electron chi connectivity index (χ3n) is 3.91. The van der Waals surface area contributed by atoms with Crippen molar-refractivity contribution in [2.24, 2.45) is 0 Å². The van der Waals surface area contributed by atoms with Gasteiger partial charge in [-0.15, -0.1) is 0 Å². The van der Waals surface area contributed by atoms with Crippen molar-refractivity contribution in [3.05, 3.63) is 65.5 Å². The lowest BCUT2D eigenvalue weighted by Gasteiger charge is -2.29. The molecule has 0 amide bonds. The summed E-state index contributed by atoms with van der Waals surface area (Å²) in [5.74, 6) is 0.471. The molecule has 0 radical (unpaired) electrons. The van der Waals surface area contributed by atoms with E-state index in [2.05, 4.69) is 67.5 Å². The van der Waals surface area contributed by atoms with Crippen LogP contribution >= 0.6 is 0 Å². The van der Waals surface area contributed by atoms with Crippen LogP contribution in [0.4, 0.5) is 0 Å². The maximum Gasteiger partial charge on any atom is 0.0407 e. The molecule has 1 N–H and O–H groups in total. The highest BCUT2D eigenvalue weighted by Gasteiger charge is 2.23. The van der Waals surface area contributed by atoms with Gasteiger partial charge in [0.1, 0.15) is 0 Å². The Morgan fingerprint density at radius 3 is 2.45 bits per heavy atom. The quantitative estimate of drug-likeness (QED) is 0.848. The molecule has 0 aliphatic rings. The molecular weight excluding hydrogens is 244 g/mol. The Hall–Kier alpha value is -1.67. The predicted octanol–water partition coefficient (Wildman–Crippen LogP) is 4.23. The Bertz CT molecular complexity index is 522. The Labute approximate surface area is 122 Å². The van der Waals surface area contributed by atoms with Gasteiger partial charge >= 0.3 is 0 Å². The summed E-state index contributed by atoms with van der Waals surface area (Å²) in [7, 11) is 0. The summed E-state index contributed by atoms with van der Waals surface area (Å²) in [5, 5.41) is 3.65. The molecule has 0 spiro atoms. The van der Waals surface area contributed by atoms with Crippen LogP contribution in [0, 0.1) is 6.92 Å². The van der Waals surface area contributed by atoms with Crippen molar-refractivity contribution in [3.63, 3.8) is 0 Å². The third kappa shape index (κ3) is 3.26. The average molecular weight is 268 g/mol. The van der Waals surface area contributed by atoms with Crippen LogP contribution in [0.2, 0.25) is 0 Å². The number of benzene rings is 1. The van der Waals surface area contributed by atoms with Crippen molar-refractivity contribution in [1.29, 1.82) is 0 Å². The van der Waals surface area contributed by atoms with Crippen LogP contribution in [0.5, 0.6) is 0 Å². The molecular formula is C18H24N2. The van der Waals surface area contributed by atoms with Crippen molar-refractivity contribution in [1.82, 2.24) is 10.3 Å². The van der Waals surface area contributed by atoms with E-state index in [1.807, 2.05) is 12.4 Å². The minimum atomic E-state index is 0.320. The van der Waals surface area contributed by atoms with Crippen LogP contribution < -0.4 is 5.32 Å². The molecule has 0 aliphatic heterocycles. The van der Waals surface area contributed by atoms with Gasteiger partial charge in [0.15, 0.2) is 0 Å². The van der Waals surface area contributed by atoms with E-state index in [1.54, 1.807) is 0 Å². The smallest absolute Gasteiger partial charge is 0.0407 e. The number of rotatable bonds is 6. The number of hydrogen-bond acceptors (Lipinski definition) is 2. The lowest BCUT2D eigenvalue weighted by Crippen LogP contribution is -2.27. The van der Waals surface area contributed by atoms with Crippen LogP contribution in [-0.4, -0.2) is 11.5 Å². The summed E-state index contributed by atoms with van der Waals surface area (Å²) in [6, 6.07) is 13.2. The van der Waals surface area contributed by atoms with Crippen LogP contribution in [-0.2, 0) is 0 Å². The second-order valence-electron chi connectivity index (χ2n) is 5.19. The van der Waals surface area contributed by atoms with Crippen molar-refractivity contribution >= 4 is 0 Å². The molecule has 2 nitrogen and oxygen atoms in total. The van der Waals surface area contributed by atoms with Gasteiger partial charge in [0, 0.05) is 24.4 Å². The molecule has 106 valence electrons. The first kappa shape index (κ1) is 14.7. The number of pyridine rings is 1. The summed E-state index contributed by atoms with van der Waals surface area (Å²) in [4.78, 5) is 4.32. The van der Waals surface area contributed by atoms with E-state index in [-0.39, 0.29) is 0 Å². The average Bonchev–Trinajstić information content (AvgIpc) is 2.49.